The van der Waals surface area contributed by atoms with Gasteiger partial charge in [0.25, 0.3) is 0 Å². The van der Waals surface area contributed by atoms with E-state index in [0.717, 1.165) is 18.4 Å². The van der Waals surface area contributed by atoms with Gasteiger partial charge in [-0.1, -0.05) is 12.1 Å². The molecule has 1 heterocycles. The number of nitrogens with zero attached hydrogens (tertiary/aromatic N) is 1. The highest BCUT2D eigenvalue weighted by Gasteiger charge is 2.32. The third kappa shape index (κ3) is 4.96. The maximum Gasteiger partial charge on any atom is 0.241 e. The molecule has 0 saturated carbocycles. The van der Waals surface area contributed by atoms with Crippen LogP contribution in [0.5, 0.6) is 11.5 Å². The number of carbonyl (C=O) groups is 1. The van der Waals surface area contributed by atoms with Gasteiger partial charge in [-0.25, -0.2) is 13.1 Å². The van der Waals surface area contributed by atoms with E-state index in [1.54, 1.807) is 37.3 Å². The zero-order chi connectivity index (χ0) is 21.7. The van der Waals surface area contributed by atoms with Crippen LogP contribution in [-0.4, -0.2) is 46.5 Å². The Hall–Kier alpha value is -2.10. The minimum Gasteiger partial charge on any atom is -0.497 e. The molecule has 2 aromatic carbocycles. The molecule has 0 bridgehead atoms. The molecule has 0 aliphatic carbocycles. The monoisotopic (exact) mass is 496 g/mol. The Morgan fingerprint density at radius 1 is 1.20 bits per heavy atom. The van der Waals surface area contributed by atoms with Crippen molar-refractivity contribution in [2.24, 2.45) is 0 Å². The number of likely N-dealkylation sites (tertiary alicyclic amines) is 1. The quantitative estimate of drug-likeness (QED) is 0.604. The first kappa shape index (κ1) is 22.6. The number of ether oxygens (including phenoxy) is 2. The van der Waals surface area contributed by atoms with E-state index in [1.807, 2.05) is 18.2 Å². The molecular formula is C21H25BrN2O5S. The Morgan fingerprint density at radius 3 is 2.67 bits per heavy atom. The molecule has 9 heteroatoms. The number of rotatable bonds is 8. The first-order valence-electron chi connectivity index (χ1n) is 9.63. The maximum atomic E-state index is 12.9. The second kappa shape index (κ2) is 9.80. The van der Waals surface area contributed by atoms with Gasteiger partial charge >= 0.3 is 0 Å². The fraction of sp³-hybridized carbons (Fsp3) is 0.381. The van der Waals surface area contributed by atoms with Crippen molar-refractivity contribution in [1.29, 1.82) is 0 Å². The molecule has 1 aliphatic heterocycles. The normalized spacial score (nSPS) is 16.5. The zero-order valence-electron chi connectivity index (χ0n) is 16.9. The molecule has 0 unspecified atom stereocenters. The molecule has 30 heavy (non-hydrogen) atoms. The standard InChI is InChI=1S/C21H25BrN2O5S/c1-28-15-9-10-16(19(14-15)29-2)18-7-5-13-24(18)21(25)11-12-23-30(26,27)20-8-4-3-6-17(20)22/h3-4,6,8-10,14,18,23H,5,7,11-13H2,1-2H3/t18-/m1/s1. The van der Waals surface area contributed by atoms with E-state index in [1.165, 1.54) is 6.07 Å². The van der Waals surface area contributed by atoms with E-state index in [4.69, 9.17) is 9.47 Å². The summed E-state index contributed by atoms with van der Waals surface area (Å²) in [6, 6.07) is 12.1. The number of amides is 1. The van der Waals surface area contributed by atoms with Gasteiger partial charge in [0.05, 0.1) is 25.2 Å². The average Bonchev–Trinajstić information content (AvgIpc) is 3.23. The molecule has 1 fully saturated rings. The highest BCUT2D eigenvalue weighted by molar-refractivity contribution is 9.10. The van der Waals surface area contributed by atoms with E-state index >= 15 is 0 Å². The van der Waals surface area contributed by atoms with Crippen LogP contribution in [0, 0.1) is 0 Å². The molecular weight excluding hydrogens is 472 g/mol. The minimum absolute atomic E-state index is 0.0332. The summed E-state index contributed by atoms with van der Waals surface area (Å²) < 4.78 is 38.7. The van der Waals surface area contributed by atoms with Gasteiger partial charge in [0.15, 0.2) is 0 Å². The van der Waals surface area contributed by atoms with E-state index < -0.39 is 10.0 Å². The molecule has 1 saturated heterocycles. The van der Waals surface area contributed by atoms with E-state index in [-0.39, 0.29) is 29.8 Å². The van der Waals surface area contributed by atoms with Crippen LogP contribution < -0.4 is 14.2 Å². The van der Waals surface area contributed by atoms with Crippen LogP contribution in [-0.2, 0) is 14.8 Å². The lowest BCUT2D eigenvalue weighted by Gasteiger charge is -2.26. The fourth-order valence-corrected chi connectivity index (χ4v) is 5.69. The van der Waals surface area contributed by atoms with Crippen LogP contribution >= 0.6 is 15.9 Å². The lowest BCUT2D eigenvalue weighted by molar-refractivity contribution is -0.132. The van der Waals surface area contributed by atoms with Crippen molar-refractivity contribution in [3.8, 4) is 11.5 Å². The molecule has 0 aromatic heterocycles. The Kier molecular flexibility index (Phi) is 7.38. The number of benzene rings is 2. The third-order valence-electron chi connectivity index (χ3n) is 5.13. The second-order valence-corrected chi connectivity index (χ2v) is 9.52. The summed E-state index contributed by atoms with van der Waals surface area (Å²) in [5.74, 6) is 1.27. The van der Waals surface area contributed by atoms with E-state index in [9.17, 15) is 13.2 Å². The molecule has 1 amide bonds. The molecule has 1 aliphatic rings. The number of sulfonamides is 1. The molecule has 1 N–H and O–H groups in total. The largest absolute Gasteiger partial charge is 0.497 e. The molecule has 0 radical (unpaired) electrons. The summed E-state index contributed by atoms with van der Waals surface area (Å²) in [7, 11) is -0.510. The van der Waals surface area contributed by atoms with Crippen LogP contribution in [0.25, 0.3) is 0 Å². The van der Waals surface area contributed by atoms with Gasteiger partial charge in [-0.05, 0) is 53.0 Å². The van der Waals surface area contributed by atoms with Crippen molar-refractivity contribution in [2.75, 3.05) is 27.3 Å². The number of nitrogens with one attached hydrogen (secondary N) is 1. The number of carbonyl (C=O) groups excluding carboxylic acids is 1. The van der Waals surface area contributed by atoms with E-state index in [0.29, 0.717) is 22.5 Å². The molecule has 1 atom stereocenters. The fourth-order valence-electron chi connectivity index (χ4n) is 3.66. The lowest BCUT2D eigenvalue weighted by Crippen LogP contribution is -2.34. The summed E-state index contributed by atoms with van der Waals surface area (Å²) in [5.41, 5.74) is 0.929. The summed E-state index contributed by atoms with van der Waals surface area (Å²) >= 11 is 3.25. The summed E-state index contributed by atoms with van der Waals surface area (Å²) in [6.45, 7) is 0.668. The van der Waals surface area contributed by atoms with Crippen molar-refractivity contribution in [3.05, 3.63) is 52.5 Å². The first-order valence-corrected chi connectivity index (χ1v) is 11.9. The van der Waals surface area contributed by atoms with Gasteiger partial charge in [0, 0.05) is 35.6 Å². The molecule has 3 rings (SSSR count). The van der Waals surface area contributed by atoms with Gasteiger partial charge in [0.1, 0.15) is 11.5 Å². The zero-order valence-corrected chi connectivity index (χ0v) is 19.3. The minimum atomic E-state index is -3.70. The number of hydrogen-bond donors (Lipinski definition) is 1. The van der Waals surface area contributed by atoms with Crippen LogP contribution in [0.15, 0.2) is 51.8 Å². The summed E-state index contributed by atoms with van der Waals surface area (Å²) in [4.78, 5) is 14.8. The highest BCUT2D eigenvalue weighted by atomic mass is 79.9. The van der Waals surface area contributed by atoms with Gasteiger partial charge in [-0.15, -0.1) is 0 Å². The van der Waals surface area contributed by atoms with E-state index in [2.05, 4.69) is 20.7 Å². The van der Waals surface area contributed by atoms with Crippen molar-refractivity contribution in [2.45, 2.75) is 30.2 Å². The van der Waals surface area contributed by atoms with Crippen LogP contribution in [0.2, 0.25) is 0 Å². The highest BCUT2D eigenvalue weighted by Crippen LogP contribution is 2.38. The Morgan fingerprint density at radius 2 is 1.97 bits per heavy atom. The Labute approximate surface area is 185 Å². The molecule has 162 valence electrons. The number of halogens is 1. The van der Waals surface area contributed by atoms with Gasteiger partial charge in [-0.2, -0.15) is 0 Å². The van der Waals surface area contributed by atoms with Crippen LogP contribution in [0.4, 0.5) is 0 Å². The van der Waals surface area contributed by atoms with Crippen molar-refractivity contribution in [1.82, 2.24) is 9.62 Å². The molecule has 0 spiro atoms. The van der Waals surface area contributed by atoms with Crippen LogP contribution in [0.3, 0.4) is 0 Å². The summed E-state index contributed by atoms with van der Waals surface area (Å²) in [5, 5.41) is 0. The van der Waals surface area contributed by atoms with Gasteiger partial charge in [0.2, 0.25) is 15.9 Å². The van der Waals surface area contributed by atoms with Gasteiger partial charge in [-0.3, -0.25) is 4.79 Å². The second-order valence-electron chi connectivity index (χ2n) is 6.93. The molecule has 2 aromatic rings. The Bertz CT molecular complexity index is 1010. The Balaban J connectivity index is 1.66. The third-order valence-corrected chi connectivity index (χ3v) is 7.60. The van der Waals surface area contributed by atoms with Gasteiger partial charge < -0.3 is 14.4 Å². The number of methoxy groups -OCH3 is 2. The molecule has 7 nitrogen and oxygen atoms in total. The average molecular weight is 497 g/mol. The van der Waals surface area contributed by atoms with Crippen LogP contribution in [0.1, 0.15) is 30.9 Å². The van der Waals surface area contributed by atoms with Crippen molar-refractivity contribution >= 4 is 31.9 Å². The van der Waals surface area contributed by atoms with Crippen molar-refractivity contribution in [3.63, 3.8) is 0 Å². The number of hydrogen-bond acceptors (Lipinski definition) is 5. The lowest BCUT2D eigenvalue weighted by atomic mass is 10.0. The predicted octanol–water partition coefficient (Wildman–Crippen LogP) is 3.50. The smallest absolute Gasteiger partial charge is 0.241 e. The first-order chi connectivity index (χ1) is 14.4. The summed E-state index contributed by atoms with van der Waals surface area (Å²) in [6.07, 6.45) is 1.80. The SMILES string of the molecule is COc1ccc([C@H]2CCCN2C(=O)CCNS(=O)(=O)c2ccccc2Br)c(OC)c1. The maximum absolute atomic E-state index is 12.9. The topological polar surface area (TPSA) is 84.9 Å². The predicted molar refractivity (Wildman–Crippen MR) is 117 cm³/mol. The van der Waals surface area contributed by atoms with Crippen molar-refractivity contribution < 1.29 is 22.7 Å².